The van der Waals surface area contributed by atoms with Gasteiger partial charge in [-0.1, -0.05) is 0 Å². The van der Waals surface area contributed by atoms with Gasteiger partial charge in [-0.3, -0.25) is 4.79 Å². The van der Waals surface area contributed by atoms with Gasteiger partial charge in [-0.15, -0.1) is 0 Å². The molecule has 0 saturated carbocycles. The smallest absolute Gasteiger partial charge is 0.266 e. The lowest BCUT2D eigenvalue weighted by Gasteiger charge is -2.32. The van der Waals surface area contributed by atoms with Crippen LogP contribution in [0, 0.1) is 11.3 Å². The summed E-state index contributed by atoms with van der Waals surface area (Å²) in [5, 5.41) is 9.35. The Morgan fingerprint density at radius 3 is 2.48 bits per heavy atom. The second-order valence-electron chi connectivity index (χ2n) is 6.14. The Hall–Kier alpha value is -1.59. The molecule has 0 bridgehead atoms. The zero-order valence-electron chi connectivity index (χ0n) is 13.7. The molecule has 0 aromatic heterocycles. The van der Waals surface area contributed by atoms with E-state index in [4.69, 9.17) is 0 Å². The molecule has 2 rings (SSSR count). The van der Waals surface area contributed by atoms with Crippen LogP contribution in [0.1, 0.15) is 13.3 Å². The van der Waals surface area contributed by atoms with Crippen LogP contribution in [0.25, 0.3) is 0 Å². The molecule has 1 amide bonds. The molecule has 0 N–H and O–H groups in total. The summed E-state index contributed by atoms with van der Waals surface area (Å²) < 4.78 is 23.3. The van der Waals surface area contributed by atoms with E-state index < -0.39 is 9.84 Å². The molecule has 128 valence electrons. The van der Waals surface area contributed by atoms with Crippen molar-refractivity contribution in [3.8, 4) is 6.07 Å². The number of amides is 1. The number of hydrogen-bond acceptors (Lipinski definition) is 6. The van der Waals surface area contributed by atoms with Crippen molar-refractivity contribution < 1.29 is 13.2 Å². The maximum atomic E-state index is 12.5. The first kappa shape index (κ1) is 17.8. The number of carbonyl (C=O) groups is 1. The van der Waals surface area contributed by atoms with Gasteiger partial charge < -0.3 is 14.7 Å². The molecule has 2 fully saturated rings. The molecular formula is C15H24N4O3S. The van der Waals surface area contributed by atoms with Crippen molar-refractivity contribution in [2.75, 3.05) is 51.3 Å². The van der Waals surface area contributed by atoms with Crippen LogP contribution in [0.2, 0.25) is 0 Å². The van der Waals surface area contributed by atoms with E-state index in [2.05, 4.69) is 4.90 Å². The molecule has 2 heterocycles. The lowest BCUT2D eigenvalue weighted by molar-refractivity contribution is -0.128. The predicted molar refractivity (Wildman–Crippen MR) is 87.2 cm³/mol. The van der Waals surface area contributed by atoms with E-state index in [0.29, 0.717) is 26.1 Å². The van der Waals surface area contributed by atoms with Gasteiger partial charge in [-0.2, -0.15) is 5.26 Å². The topological polar surface area (TPSA) is 84.7 Å². The Morgan fingerprint density at radius 2 is 2.00 bits per heavy atom. The summed E-state index contributed by atoms with van der Waals surface area (Å²) in [6, 6.07) is 1.84. The summed E-state index contributed by atoms with van der Waals surface area (Å²) in [5.41, 5.74) is 0.0840. The maximum absolute atomic E-state index is 12.5. The van der Waals surface area contributed by atoms with Crippen LogP contribution in [-0.4, -0.2) is 86.3 Å². The maximum Gasteiger partial charge on any atom is 0.266 e. The van der Waals surface area contributed by atoms with E-state index in [0.717, 1.165) is 13.1 Å². The van der Waals surface area contributed by atoms with Crippen molar-refractivity contribution in [2.24, 2.45) is 0 Å². The fourth-order valence-corrected chi connectivity index (χ4v) is 4.71. The first-order valence-electron chi connectivity index (χ1n) is 7.92. The second kappa shape index (κ2) is 7.32. The number of nitrogens with zero attached hydrogens (tertiary/aromatic N) is 4. The van der Waals surface area contributed by atoms with Crippen LogP contribution in [0.4, 0.5) is 0 Å². The van der Waals surface area contributed by atoms with Crippen LogP contribution in [-0.2, 0) is 14.6 Å². The highest BCUT2D eigenvalue weighted by Crippen LogP contribution is 2.19. The molecule has 1 unspecified atom stereocenters. The van der Waals surface area contributed by atoms with Gasteiger partial charge in [0.1, 0.15) is 11.6 Å². The minimum atomic E-state index is -2.99. The average molecular weight is 340 g/mol. The van der Waals surface area contributed by atoms with Gasteiger partial charge in [0.05, 0.1) is 11.5 Å². The van der Waals surface area contributed by atoms with E-state index >= 15 is 0 Å². The monoisotopic (exact) mass is 340 g/mol. The third-order valence-electron chi connectivity index (χ3n) is 4.48. The normalized spacial score (nSPS) is 25.2. The standard InChI is InChI=1S/C15H24N4O3S/c1-3-18(14-4-9-23(21,22)12-14)11-13(10-16)15(20)19-7-5-17(2)6-8-19/h11,14H,3-9,12H2,1-2H3/b13-11-. The van der Waals surface area contributed by atoms with Crippen molar-refractivity contribution in [1.82, 2.24) is 14.7 Å². The number of nitriles is 1. The number of sulfone groups is 1. The number of rotatable bonds is 4. The van der Waals surface area contributed by atoms with Crippen molar-refractivity contribution in [3.63, 3.8) is 0 Å². The molecule has 0 aliphatic carbocycles. The average Bonchev–Trinajstić information content (AvgIpc) is 2.88. The van der Waals surface area contributed by atoms with E-state index in [1.54, 1.807) is 11.1 Å². The zero-order chi connectivity index (χ0) is 17.0. The molecule has 2 saturated heterocycles. The van der Waals surface area contributed by atoms with Crippen molar-refractivity contribution in [2.45, 2.75) is 19.4 Å². The fraction of sp³-hybridized carbons (Fsp3) is 0.733. The molecule has 0 spiro atoms. The highest BCUT2D eigenvalue weighted by Gasteiger charge is 2.31. The third kappa shape index (κ3) is 4.45. The molecule has 1 atom stereocenters. The van der Waals surface area contributed by atoms with Crippen LogP contribution < -0.4 is 0 Å². The van der Waals surface area contributed by atoms with Gasteiger partial charge in [0.25, 0.3) is 5.91 Å². The SMILES string of the molecule is CCN(/C=C(/C#N)C(=O)N1CCN(C)CC1)C1CCS(=O)(=O)C1. The largest absolute Gasteiger partial charge is 0.372 e. The first-order chi connectivity index (χ1) is 10.9. The molecule has 0 aromatic carbocycles. The van der Waals surface area contributed by atoms with Gasteiger partial charge >= 0.3 is 0 Å². The van der Waals surface area contributed by atoms with Gasteiger partial charge in [0, 0.05) is 45.0 Å². The molecule has 0 radical (unpaired) electrons. The third-order valence-corrected chi connectivity index (χ3v) is 6.23. The highest BCUT2D eigenvalue weighted by atomic mass is 32.2. The molecular weight excluding hydrogens is 316 g/mol. The van der Waals surface area contributed by atoms with Gasteiger partial charge in [-0.05, 0) is 20.4 Å². The van der Waals surface area contributed by atoms with Crippen LogP contribution in [0.3, 0.4) is 0 Å². The van der Waals surface area contributed by atoms with Crippen LogP contribution >= 0.6 is 0 Å². The van der Waals surface area contributed by atoms with E-state index in [1.165, 1.54) is 0 Å². The Bertz CT molecular complexity index is 615. The Morgan fingerprint density at radius 1 is 1.35 bits per heavy atom. The number of likely N-dealkylation sites (N-methyl/N-ethyl adjacent to an activating group) is 1. The zero-order valence-corrected chi connectivity index (χ0v) is 14.5. The van der Waals surface area contributed by atoms with E-state index in [-0.39, 0.29) is 29.0 Å². The summed E-state index contributed by atoms with van der Waals surface area (Å²) in [7, 11) is -0.992. The van der Waals surface area contributed by atoms with Crippen molar-refractivity contribution >= 4 is 15.7 Å². The molecule has 2 aliphatic rings. The molecule has 0 aromatic rings. The van der Waals surface area contributed by atoms with Crippen LogP contribution in [0.15, 0.2) is 11.8 Å². The van der Waals surface area contributed by atoms with E-state index in [9.17, 15) is 18.5 Å². The van der Waals surface area contributed by atoms with Gasteiger partial charge in [0.15, 0.2) is 9.84 Å². The first-order valence-corrected chi connectivity index (χ1v) is 9.74. The summed E-state index contributed by atoms with van der Waals surface area (Å²) in [5.74, 6) is 0.00889. The quantitative estimate of drug-likeness (QED) is 0.515. The number of carbonyl (C=O) groups excluding carboxylic acids is 1. The summed E-state index contributed by atoms with van der Waals surface area (Å²) in [4.78, 5) is 18.1. The van der Waals surface area contributed by atoms with Crippen molar-refractivity contribution in [3.05, 3.63) is 11.8 Å². The minimum Gasteiger partial charge on any atom is -0.372 e. The van der Waals surface area contributed by atoms with Crippen molar-refractivity contribution in [1.29, 1.82) is 5.26 Å². The fourth-order valence-electron chi connectivity index (χ4n) is 2.97. The number of hydrogen-bond donors (Lipinski definition) is 0. The summed E-state index contributed by atoms with van der Waals surface area (Å²) >= 11 is 0. The molecule has 2 aliphatic heterocycles. The van der Waals surface area contributed by atoms with Gasteiger partial charge in [0.2, 0.25) is 0 Å². The second-order valence-corrected chi connectivity index (χ2v) is 8.37. The number of piperazine rings is 1. The molecule has 8 heteroatoms. The minimum absolute atomic E-state index is 0.0840. The Balaban J connectivity index is 2.10. The summed E-state index contributed by atoms with van der Waals surface area (Å²) in [6.07, 6.45) is 2.10. The molecule has 7 nitrogen and oxygen atoms in total. The highest BCUT2D eigenvalue weighted by molar-refractivity contribution is 7.91. The molecule has 23 heavy (non-hydrogen) atoms. The predicted octanol–water partition coefficient (Wildman–Crippen LogP) is -0.323. The lowest BCUT2D eigenvalue weighted by Crippen LogP contribution is -2.47. The summed E-state index contributed by atoms with van der Waals surface area (Å²) in [6.45, 7) is 5.28. The van der Waals surface area contributed by atoms with E-state index in [1.807, 2.05) is 24.9 Å². The van der Waals surface area contributed by atoms with Gasteiger partial charge in [-0.25, -0.2) is 8.42 Å². The lowest BCUT2D eigenvalue weighted by atomic mass is 10.2. The Kier molecular flexibility index (Phi) is 5.65. The van der Waals surface area contributed by atoms with Crippen LogP contribution in [0.5, 0.6) is 0 Å². The Labute approximate surface area is 138 Å².